The van der Waals surface area contributed by atoms with Gasteiger partial charge in [-0.3, -0.25) is 0 Å². The molecular formula is C88H146CaO14S2. The summed E-state index contributed by atoms with van der Waals surface area (Å²) >= 11 is 0. The number of ether oxygens (including phenoxy) is 4. The van der Waals surface area contributed by atoms with E-state index in [-0.39, 0.29) is 75.3 Å². The molecule has 0 N–H and O–H groups in total. The average Bonchev–Trinajstić information content (AvgIpc) is 0.799. The van der Waals surface area contributed by atoms with E-state index >= 15 is 0 Å². The molecule has 0 bridgehead atoms. The van der Waals surface area contributed by atoms with Crippen molar-refractivity contribution in [3.05, 3.63) is 107 Å². The third kappa shape index (κ3) is 58.9. The van der Waals surface area contributed by atoms with E-state index in [4.69, 9.17) is 18.9 Å². The minimum atomic E-state index is -5.01. The third-order valence-corrected chi connectivity index (χ3v) is 20.8. The number of rotatable bonds is 70. The molecule has 2 rings (SSSR count). The standard InChI is InChI=1S/2C44H74O7S.Ca/c2*1-3-5-7-9-11-13-15-17-19-21-23-25-27-29-31-33-38-50-43(45)40-36-35-37-41(52(47,48)49)42(40)44(46)51-39-34-32-30-28-26-24-22-20-18-16-14-12-10-8-6-4-2;/h2*13-16,35-37H,3-12,17-34,38-39H2,1-2H3,(H,47,48,49);/q;;+2/p-2/b2*15-13+,16-14+;. The molecule has 14 nitrogen and oxygen atoms in total. The fourth-order valence-electron chi connectivity index (χ4n) is 12.6. The van der Waals surface area contributed by atoms with Gasteiger partial charge in [0.05, 0.1) is 58.5 Å². The number of esters is 4. The van der Waals surface area contributed by atoms with Gasteiger partial charge in [-0.05, 0) is 153 Å². The van der Waals surface area contributed by atoms with Crippen LogP contribution in [-0.4, -0.2) is 114 Å². The van der Waals surface area contributed by atoms with Crippen LogP contribution in [0, 0.1) is 0 Å². The summed E-state index contributed by atoms with van der Waals surface area (Å²) in [5.41, 5.74) is -1.57. The number of unbranched alkanes of at least 4 members (excludes halogenated alkanes) is 48. The number of benzene rings is 2. The van der Waals surface area contributed by atoms with E-state index in [9.17, 15) is 45.1 Å². The molecular weight excluding hydrogens is 1390 g/mol. The molecule has 2 aromatic carbocycles. The molecule has 0 amide bonds. The fraction of sp³-hybridized carbons (Fsp3) is 0.727. The van der Waals surface area contributed by atoms with Crippen molar-refractivity contribution in [2.24, 2.45) is 0 Å². The number of carbonyl (C=O) groups excluding carboxylic acids is 4. The van der Waals surface area contributed by atoms with Gasteiger partial charge in [0.25, 0.3) is 0 Å². The monoisotopic (exact) mass is 1530 g/mol. The first-order valence-corrected chi connectivity index (χ1v) is 44.9. The molecule has 17 heteroatoms. The van der Waals surface area contributed by atoms with Crippen molar-refractivity contribution in [3.63, 3.8) is 0 Å². The summed E-state index contributed by atoms with van der Waals surface area (Å²) in [6.07, 6.45) is 83.5. The Morgan fingerprint density at radius 1 is 0.267 bits per heavy atom. The van der Waals surface area contributed by atoms with Gasteiger partial charge < -0.3 is 28.1 Å². The molecule has 0 saturated heterocycles. The summed E-state index contributed by atoms with van der Waals surface area (Å²) in [5.74, 6) is -3.64. The Balaban J connectivity index is 0.00000204. The van der Waals surface area contributed by atoms with Crippen molar-refractivity contribution in [1.82, 2.24) is 0 Å². The largest absolute Gasteiger partial charge is 2.00 e. The van der Waals surface area contributed by atoms with Crippen LogP contribution in [0.5, 0.6) is 0 Å². The minimum Gasteiger partial charge on any atom is -0.744 e. The zero-order valence-corrected chi connectivity index (χ0v) is 70.6. The van der Waals surface area contributed by atoms with Crippen LogP contribution in [0.2, 0.25) is 0 Å². The molecule has 0 aliphatic rings. The van der Waals surface area contributed by atoms with Crippen LogP contribution in [0.1, 0.15) is 429 Å². The predicted octanol–water partition coefficient (Wildman–Crippen LogP) is 25.6. The van der Waals surface area contributed by atoms with Crippen LogP contribution in [0.15, 0.2) is 94.8 Å². The van der Waals surface area contributed by atoms with Gasteiger partial charge in [0.2, 0.25) is 0 Å². The van der Waals surface area contributed by atoms with Crippen LogP contribution in [0.4, 0.5) is 0 Å². The van der Waals surface area contributed by atoms with Gasteiger partial charge in [-0.1, -0.05) is 320 Å². The zero-order chi connectivity index (χ0) is 75.9. The molecule has 596 valence electrons. The molecule has 0 aromatic heterocycles. The van der Waals surface area contributed by atoms with Crippen LogP contribution in [0.25, 0.3) is 0 Å². The Hall–Kier alpha value is -3.64. The maximum atomic E-state index is 13.0. The van der Waals surface area contributed by atoms with Crippen LogP contribution >= 0.6 is 0 Å². The second-order valence-electron chi connectivity index (χ2n) is 28.6. The quantitative estimate of drug-likeness (QED) is 0.0150. The zero-order valence-electron chi connectivity index (χ0n) is 66.7. The summed E-state index contributed by atoms with van der Waals surface area (Å²) in [6.45, 7) is 9.44. The van der Waals surface area contributed by atoms with Gasteiger partial charge in [0, 0.05) is 0 Å². The number of allylic oxidation sites excluding steroid dienone is 8. The molecule has 0 atom stereocenters. The molecule has 2 aromatic rings. The van der Waals surface area contributed by atoms with Gasteiger partial charge >= 0.3 is 61.6 Å². The van der Waals surface area contributed by atoms with E-state index in [2.05, 4.69) is 76.3 Å². The smallest absolute Gasteiger partial charge is 0.744 e. The fourth-order valence-corrected chi connectivity index (χ4v) is 14.0. The molecule has 0 aliphatic heterocycles. The van der Waals surface area contributed by atoms with Gasteiger partial charge in [-0.25, -0.2) is 36.0 Å². The summed E-state index contributed by atoms with van der Waals surface area (Å²) < 4.78 is 93.3. The first-order chi connectivity index (χ1) is 50.6. The molecule has 0 radical (unpaired) electrons. The first kappa shape index (κ1) is 101. The van der Waals surface area contributed by atoms with E-state index < -0.39 is 65.0 Å². The summed E-state index contributed by atoms with van der Waals surface area (Å²) in [4.78, 5) is 50.3. The van der Waals surface area contributed by atoms with Gasteiger partial charge in [-0.2, -0.15) is 0 Å². The van der Waals surface area contributed by atoms with E-state index in [0.717, 1.165) is 102 Å². The molecule has 0 unspecified atom stereocenters. The first-order valence-electron chi connectivity index (χ1n) is 42.1. The Morgan fingerprint density at radius 2 is 0.438 bits per heavy atom. The Morgan fingerprint density at radius 3 is 0.629 bits per heavy atom. The maximum absolute atomic E-state index is 13.0. The minimum absolute atomic E-state index is 0. The van der Waals surface area contributed by atoms with Gasteiger partial charge in [-0.15, -0.1) is 0 Å². The summed E-state index contributed by atoms with van der Waals surface area (Å²) in [6, 6.07) is 7.23. The number of carbonyl (C=O) groups is 4. The van der Waals surface area contributed by atoms with Crippen molar-refractivity contribution in [2.45, 2.75) is 397 Å². The molecule has 0 saturated carbocycles. The van der Waals surface area contributed by atoms with Crippen molar-refractivity contribution >= 4 is 81.9 Å². The number of hydrogen-bond acceptors (Lipinski definition) is 14. The SMILES string of the molecule is CCCCCC/C=C/CCCCCCCCCCOC(=O)c1cccc(S(=O)(=O)[O-])c1C(=O)OCCCCCCCCCC/C=C/CCCCCC.CCCCCC/C=C/CCCCCCCCCCOC(=O)c1cccc(S(=O)(=O)[O-])c1C(=O)OCCCCCCCCCC/C=C/CCCCCC.[Ca+2]. The van der Waals surface area contributed by atoms with Crippen LogP contribution in [0.3, 0.4) is 0 Å². The molecule has 105 heavy (non-hydrogen) atoms. The van der Waals surface area contributed by atoms with Gasteiger partial charge in [0.15, 0.2) is 0 Å². The summed E-state index contributed by atoms with van der Waals surface area (Å²) in [5, 5.41) is 0. The van der Waals surface area contributed by atoms with E-state index in [1.807, 2.05) is 0 Å². The van der Waals surface area contributed by atoms with Gasteiger partial charge in [0.1, 0.15) is 20.2 Å². The molecule has 0 fully saturated rings. The van der Waals surface area contributed by atoms with Crippen molar-refractivity contribution in [3.8, 4) is 0 Å². The molecule has 0 heterocycles. The Labute approximate surface area is 671 Å². The Kier molecular flexibility index (Phi) is 70.6. The van der Waals surface area contributed by atoms with E-state index in [1.54, 1.807) is 0 Å². The second-order valence-corrected chi connectivity index (χ2v) is 31.3. The normalized spacial score (nSPS) is 11.8. The molecule has 0 spiro atoms. The topological polar surface area (TPSA) is 220 Å². The summed E-state index contributed by atoms with van der Waals surface area (Å²) in [7, 11) is -10.0. The van der Waals surface area contributed by atoms with Crippen LogP contribution in [-0.2, 0) is 39.2 Å². The maximum Gasteiger partial charge on any atom is 2.00 e. The van der Waals surface area contributed by atoms with Crippen molar-refractivity contribution in [1.29, 1.82) is 0 Å². The average molecular weight is 1530 g/mol. The van der Waals surface area contributed by atoms with Crippen molar-refractivity contribution in [2.75, 3.05) is 26.4 Å². The Bertz CT molecular complexity index is 2610. The van der Waals surface area contributed by atoms with Crippen LogP contribution < -0.4 is 0 Å². The third-order valence-electron chi connectivity index (χ3n) is 19.0. The second kappa shape index (κ2) is 73.2. The molecule has 0 aliphatic carbocycles. The predicted molar refractivity (Wildman–Crippen MR) is 434 cm³/mol. The number of hydrogen-bond donors (Lipinski definition) is 0. The van der Waals surface area contributed by atoms with Crippen molar-refractivity contribution < 1.29 is 64.1 Å². The van der Waals surface area contributed by atoms with E-state index in [0.29, 0.717) is 25.7 Å². The van der Waals surface area contributed by atoms with E-state index in [1.165, 1.54) is 268 Å².